The maximum absolute atomic E-state index is 14.7. The summed E-state index contributed by atoms with van der Waals surface area (Å²) in [6, 6.07) is 0. The van der Waals surface area contributed by atoms with Crippen LogP contribution in [0.5, 0.6) is 0 Å². The first-order valence-electron chi connectivity index (χ1n) is 7.66. The van der Waals surface area contributed by atoms with Gasteiger partial charge in [0.05, 0.1) is 17.9 Å². The lowest BCUT2D eigenvalue weighted by atomic mass is 9.67. The Morgan fingerprint density at radius 3 is 2.24 bits per heavy atom. The van der Waals surface area contributed by atoms with Crippen LogP contribution in [-0.2, 0) is 19.0 Å². The van der Waals surface area contributed by atoms with Crippen molar-refractivity contribution in [2.24, 2.45) is 11.3 Å². The van der Waals surface area contributed by atoms with E-state index in [-0.39, 0.29) is 0 Å². The van der Waals surface area contributed by atoms with Gasteiger partial charge in [0.15, 0.2) is 0 Å². The third kappa shape index (κ3) is 3.12. The van der Waals surface area contributed by atoms with Gasteiger partial charge in [-0.3, -0.25) is 4.79 Å². The number of rotatable bonds is 5. The van der Waals surface area contributed by atoms with Gasteiger partial charge in [0.1, 0.15) is 12.2 Å². The van der Waals surface area contributed by atoms with Gasteiger partial charge < -0.3 is 19.3 Å². The molecule has 0 aromatic carbocycles. The van der Waals surface area contributed by atoms with Crippen LogP contribution in [0.15, 0.2) is 0 Å². The van der Waals surface area contributed by atoms with Gasteiger partial charge in [0.25, 0.3) is 0 Å². The third-order valence-corrected chi connectivity index (χ3v) is 5.12. The first-order valence-corrected chi connectivity index (χ1v) is 7.66. The smallest absolute Gasteiger partial charge is 0.449 e. The number of alkyl halides is 5. The van der Waals surface area contributed by atoms with Crippen LogP contribution in [0.25, 0.3) is 0 Å². The summed E-state index contributed by atoms with van der Waals surface area (Å²) < 4.78 is 82.3. The largest absolute Gasteiger partial charge is 0.465 e. The summed E-state index contributed by atoms with van der Waals surface area (Å²) in [6.45, 7) is 3.52. The number of hydrogen-bond donors (Lipinski definition) is 1. The van der Waals surface area contributed by atoms with E-state index in [1.807, 2.05) is 0 Å². The van der Waals surface area contributed by atoms with Crippen LogP contribution in [-0.4, -0.2) is 54.9 Å². The first kappa shape index (κ1) is 22.0. The number of hydrogen-bond acceptors (Lipinski definition) is 5. The maximum Gasteiger partial charge on any atom is 0.449 e. The van der Waals surface area contributed by atoms with Crippen molar-refractivity contribution < 1.29 is 46.1 Å². The molecule has 0 radical (unpaired) electrons. The van der Waals surface area contributed by atoms with Gasteiger partial charge in [0.2, 0.25) is 0 Å². The van der Waals surface area contributed by atoms with Crippen molar-refractivity contribution in [1.29, 1.82) is 0 Å². The first-order chi connectivity index (χ1) is 11.1. The normalized spacial score (nSPS) is 36.8. The molecule has 1 N–H and O–H groups in total. The van der Waals surface area contributed by atoms with Crippen molar-refractivity contribution in [1.82, 2.24) is 0 Å². The Bertz CT molecular complexity index is 511. The van der Waals surface area contributed by atoms with Crippen LogP contribution < -0.4 is 0 Å². The Labute approximate surface area is 142 Å². The topological polar surface area (TPSA) is 65.0 Å². The Morgan fingerprint density at radius 1 is 1.32 bits per heavy atom. The number of halogens is 5. The van der Waals surface area contributed by atoms with Crippen molar-refractivity contribution >= 4 is 5.97 Å². The summed E-state index contributed by atoms with van der Waals surface area (Å²) in [7, 11) is 0.796. The number of ether oxygens (including phenoxy) is 3. The highest BCUT2D eigenvalue weighted by Gasteiger charge is 2.83. The van der Waals surface area contributed by atoms with E-state index in [9.17, 15) is 31.9 Å². The maximum atomic E-state index is 14.7. The average molecular weight is 378 g/mol. The molecule has 0 amide bonds. The van der Waals surface area contributed by atoms with Gasteiger partial charge in [-0.2, -0.15) is 22.0 Å². The molecule has 0 aromatic heterocycles. The van der Waals surface area contributed by atoms with Crippen molar-refractivity contribution in [2.45, 2.75) is 57.6 Å². The van der Waals surface area contributed by atoms with E-state index in [1.54, 1.807) is 13.8 Å². The molecular weight excluding hydrogens is 355 g/mol. The van der Waals surface area contributed by atoms with E-state index >= 15 is 0 Å². The molecule has 0 bridgehead atoms. The molecule has 0 aliphatic carbocycles. The highest BCUT2D eigenvalue weighted by atomic mass is 19.4. The van der Waals surface area contributed by atoms with Gasteiger partial charge in [-0.15, -0.1) is 0 Å². The quantitative estimate of drug-likeness (QED) is 0.589. The predicted molar refractivity (Wildman–Crippen MR) is 75.8 cm³/mol. The molecule has 25 heavy (non-hydrogen) atoms. The summed E-state index contributed by atoms with van der Waals surface area (Å²) in [5.41, 5.74) is -4.66. The Hall–Kier alpha value is -1.00. The van der Waals surface area contributed by atoms with Gasteiger partial charge >= 0.3 is 23.9 Å². The zero-order chi connectivity index (χ0) is 19.9. The molecule has 1 aliphatic rings. The molecule has 1 fully saturated rings. The molecule has 0 spiro atoms. The van der Waals surface area contributed by atoms with E-state index in [1.165, 1.54) is 0 Å². The highest BCUT2D eigenvalue weighted by molar-refractivity contribution is 5.71. The molecule has 148 valence electrons. The minimum Gasteiger partial charge on any atom is -0.465 e. The fourth-order valence-corrected chi connectivity index (χ4v) is 2.55. The van der Waals surface area contributed by atoms with E-state index in [0.717, 1.165) is 21.0 Å². The molecule has 4 atom stereocenters. The van der Waals surface area contributed by atoms with Gasteiger partial charge in [-0.25, -0.2) is 0 Å². The van der Waals surface area contributed by atoms with Crippen molar-refractivity contribution in [2.75, 3.05) is 20.3 Å². The van der Waals surface area contributed by atoms with Crippen molar-refractivity contribution in [3.8, 4) is 0 Å². The second-order valence-electron chi connectivity index (χ2n) is 6.72. The molecule has 0 aromatic rings. The molecule has 4 unspecified atom stereocenters. The van der Waals surface area contributed by atoms with Crippen LogP contribution in [0.3, 0.4) is 0 Å². The fraction of sp³-hybridized carbons (Fsp3) is 0.933. The zero-order valence-corrected chi connectivity index (χ0v) is 14.7. The lowest BCUT2D eigenvalue weighted by molar-refractivity contribution is -0.491. The van der Waals surface area contributed by atoms with Crippen LogP contribution in [0.2, 0.25) is 0 Å². The van der Waals surface area contributed by atoms with Crippen molar-refractivity contribution in [3.63, 3.8) is 0 Å². The lowest BCUT2D eigenvalue weighted by Crippen LogP contribution is -2.78. The predicted octanol–water partition coefficient (Wildman–Crippen LogP) is 2.90. The molecular formula is C15H23F5O5. The standard InChI is InChI=1S/C15H23F5O5/c1-6-9(2)10(21)24-7-11(3)8-25-14(22,15(18,19)20)13(16,17)12(11,4)23-5/h9,22H,6-8H2,1-5H3. The van der Waals surface area contributed by atoms with Crippen LogP contribution in [0.1, 0.15) is 34.1 Å². The molecule has 0 saturated carbocycles. The van der Waals surface area contributed by atoms with E-state index in [4.69, 9.17) is 9.47 Å². The molecule has 1 saturated heterocycles. The number of carbonyl (C=O) groups excluding carboxylic acids is 1. The van der Waals surface area contributed by atoms with Gasteiger partial charge in [0, 0.05) is 7.11 Å². The van der Waals surface area contributed by atoms with Crippen molar-refractivity contribution in [3.05, 3.63) is 0 Å². The van der Waals surface area contributed by atoms with Crippen LogP contribution in [0, 0.1) is 11.3 Å². The summed E-state index contributed by atoms with van der Waals surface area (Å²) in [6.07, 6.45) is -5.32. The molecule has 1 rings (SSSR count). The number of aliphatic hydroxyl groups is 1. The Kier molecular flexibility index (Phi) is 5.84. The van der Waals surface area contributed by atoms with E-state index in [0.29, 0.717) is 6.42 Å². The Balaban J connectivity index is 3.23. The average Bonchev–Trinajstić information content (AvgIpc) is 2.53. The van der Waals surface area contributed by atoms with Gasteiger partial charge in [-0.1, -0.05) is 20.8 Å². The number of esters is 1. The van der Waals surface area contributed by atoms with Gasteiger partial charge in [-0.05, 0) is 13.3 Å². The van der Waals surface area contributed by atoms with E-state index in [2.05, 4.69) is 4.74 Å². The number of carbonyl (C=O) groups is 1. The number of methoxy groups -OCH3 is 1. The summed E-state index contributed by atoms with van der Waals surface area (Å²) >= 11 is 0. The molecule has 10 heteroatoms. The molecule has 1 heterocycles. The minimum absolute atomic E-state index is 0.442. The van der Waals surface area contributed by atoms with Crippen LogP contribution >= 0.6 is 0 Å². The molecule has 1 aliphatic heterocycles. The summed E-state index contributed by atoms with van der Waals surface area (Å²) in [5.74, 6) is -10.8. The van der Waals surface area contributed by atoms with E-state index < -0.39 is 54.0 Å². The highest BCUT2D eigenvalue weighted by Crippen LogP contribution is 2.58. The summed E-state index contributed by atoms with van der Waals surface area (Å²) in [4.78, 5) is 11.8. The summed E-state index contributed by atoms with van der Waals surface area (Å²) in [5, 5.41) is 9.55. The fourth-order valence-electron chi connectivity index (χ4n) is 2.55. The second kappa shape index (κ2) is 6.62. The SMILES string of the molecule is CCC(C)C(=O)OCC1(C)COC(O)(C(F)(F)F)C(F)(F)C1(C)OC. The van der Waals surface area contributed by atoms with Crippen LogP contribution in [0.4, 0.5) is 22.0 Å². The minimum atomic E-state index is -5.76. The second-order valence-corrected chi connectivity index (χ2v) is 6.72. The zero-order valence-electron chi connectivity index (χ0n) is 14.7. The lowest BCUT2D eigenvalue weighted by Gasteiger charge is -2.57. The molecule has 5 nitrogen and oxygen atoms in total. The Morgan fingerprint density at radius 2 is 1.84 bits per heavy atom. The monoisotopic (exact) mass is 378 g/mol. The third-order valence-electron chi connectivity index (χ3n) is 5.12.